The van der Waals surface area contributed by atoms with Crippen molar-refractivity contribution >= 4 is 5.82 Å². The van der Waals surface area contributed by atoms with Gasteiger partial charge in [0, 0.05) is 12.6 Å². The van der Waals surface area contributed by atoms with Crippen LogP contribution in [0.1, 0.15) is 25.1 Å². The smallest absolute Gasteiger partial charge is 0.351 e. The number of hydrogen-bond donors (Lipinski definition) is 3. The van der Waals surface area contributed by atoms with Crippen LogP contribution in [-0.4, -0.2) is 38.6 Å². The van der Waals surface area contributed by atoms with E-state index in [-0.39, 0.29) is 18.8 Å². The zero-order valence-corrected chi connectivity index (χ0v) is 10.4. The third-order valence-electron chi connectivity index (χ3n) is 2.94. The Hall–Kier alpha value is -1.88. The Bertz CT molecular complexity index is 587. The average Bonchev–Trinajstić information content (AvgIpc) is 2.74. The van der Waals surface area contributed by atoms with Gasteiger partial charge in [-0.1, -0.05) is 5.92 Å². The molecule has 1 unspecified atom stereocenters. The van der Waals surface area contributed by atoms with Gasteiger partial charge in [-0.25, -0.2) is 4.79 Å². The van der Waals surface area contributed by atoms with Gasteiger partial charge in [0.2, 0.25) is 0 Å². The summed E-state index contributed by atoms with van der Waals surface area (Å²) in [5.74, 6) is 5.48. The van der Waals surface area contributed by atoms with Crippen LogP contribution in [0, 0.1) is 11.8 Å². The zero-order valence-electron chi connectivity index (χ0n) is 10.4. The van der Waals surface area contributed by atoms with Crippen molar-refractivity contribution in [2.45, 2.75) is 31.8 Å². The molecule has 4 N–H and O–H groups in total. The van der Waals surface area contributed by atoms with E-state index in [0.29, 0.717) is 5.56 Å². The molecule has 0 amide bonds. The number of hydrogen-bond acceptors (Lipinski definition) is 6. The number of nitrogens with zero attached hydrogens (tertiary/aromatic N) is 2. The first-order valence-electron chi connectivity index (χ1n) is 5.82. The van der Waals surface area contributed by atoms with Crippen molar-refractivity contribution in [3.8, 4) is 11.8 Å². The first kappa shape index (κ1) is 13.5. The van der Waals surface area contributed by atoms with Crippen LogP contribution in [-0.2, 0) is 4.74 Å². The molecule has 0 saturated carbocycles. The van der Waals surface area contributed by atoms with Crippen LogP contribution in [0.2, 0.25) is 0 Å². The van der Waals surface area contributed by atoms with Gasteiger partial charge in [0.25, 0.3) is 0 Å². The second kappa shape index (κ2) is 5.40. The molecule has 102 valence electrons. The Morgan fingerprint density at radius 3 is 3.00 bits per heavy atom. The average molecular weight is 265 g/mol. The molecule has 2 rings (SSSR count). The lowest BCUT2D eigenvalue weighted by Gasteiger charge is -2.14. The SMILES string of the molecule is CC#Cc1cn([C@H]2C[C@@H](O)C(CO)O2)c(=O)nc1N. The standard InChI is InChI=1S/C12H15N3O4/c1-2-3-7-5-15(12(18)14-11(7)13)10-4-8(17)9(6-16)19-10/h5,8-10,16-17H,4,6H2,1H3,(H2,13,14,18)/t8-,9?,10-/m1/s1. The Kier molecular flexibility index (Phi) is 3.85. The van der Waals surface area contributed by atoms with Crippen LogP contribution in [0.15, 0.2) is 11.0 Å². The molecular formula is C12H15N3O4. The van der Waals surface area contributed by atoms with Crippen molar-refractivity contribution in [3.05, 3.63) is 22.2 Å². The van der Waals surface area contributed by atoms with Gasteiger partial charge >= 0.3 is 5.69 Å². The molecule has 0 aromatic carbocycles. The minimum Gasteiger partial charge on any atom is -0.394 e. The summed E-state index contributed by atoms with van der Waals surface area (Å²) in [4.78, 5) is 15.5. The molecule has 1 aliphatic rings. The van der Waals surface area contributed by atoms with Crippen molar-refractivity contribution in [3.63, 3.8) is 0 Å². The van der Waals surface area contributed by atoms with Crippen molar-refractivity contribution in [2.75, 3.05) is 12.3 Å². The molecule has 0 spiro atoms. The predicted molar refractivity (Wildman–Crippen MR) is 67.1 cm³/mol. The Labute approximate surface area is 109 Å². The number of nitrogens with two attached hydrogens (primary N) is 1. The fraction of sp³-hybridized carbons (Fsp3) is 0.500. The molecule has 2 heterocycles. The number of anilines is 1. The van der Waals surface area contributed by atoms with Gasteiger partial charge in [0.05, 0.1) is 18.3 Å². The summed E-state index contributed by atoms with van der Waals surface area (Å²) in [7, 11) is 0. The van der Waals surface area contributed by atoms with Gasteiger partial charge in [-0.15, -0.1) is 5.92 Å². The van der Waals surface area contributed by atoms with Crippen LogP contribution in [0.3, 0.4) is 0 Å². The van der Waals surface area contributed by atoms with E-state index in [1.807, 2.05) is 0 Å². The lowest BCUT2D eigenvalue weighted by atomic mass is 10.2. The highest BCUT2D eigenvalue weighted by molar-refractivity contribution is 5.48. The third-order valence-corrected chi connectivity index (χ3v) is 2.94. The maximum Gasteiger partial charge on any atom is 0.351 e. The normalized spacial score (nSPS) is 25.9. The molecule has 1 aromatic heterocycles. The molecular weight excluding hydrogens is 250 g/mol. The summed E-state index contributed by atoms with van der Waals surface area (Å²) in [5.41, 5.74) is 5.45. The van der Waals surface area contributed by atoms with Crippen molar-refractivity contribution in [1.82, 2.24) is 9.55 Å². The lowest BCUT2D eigenvalue weighted by Crippen LogP contribution is -2.28. The molecule has 0 radical (unpaired) electrons. The van der Waals surface area contributed by atoms with Crippen LogP contribution >= 0.6 is 0 Å². The van der Waals surface area contributed by atoms with E-state index < -0.39 is 24.1 Å². The van der Waals surface area contributed by atoms with E-state index in [1.165, 1.54) is 10.8 Å². The van der Waals surface area contributed by atoms with Crippen molar-refractivity contribution in [2.24, 2.45) is 0 Å². The second-order valence-electron chi connectivity index (χ2n) is 4.22. The molecule has 0 aliphatic carbocycles. The number of ether oxygens (including phenoxy) is 1. The third kappa shape index (κ3) is 2.61. The van der Waals surface area contributed by atoms with Gasteiger partial charge in [0.15, 0.2) is 0 Å². The summed E-state index contributed by atoms with van der Waals surface area (Å²) in [6.07, 6.45) is -0.533. The first-order valence-corrected chi connectivity index (χ1v) is 5.82. The van der Waals surface area contributed by atoms with E-state index in [1.54, 1.807) is 6.92 Å². The minimum absolute atomic E-state index is 0.0628. The fourth-order valence-electron chi connectivity index (χ4n) is 1.97. The fourth-order valence-corrected chi connectivity index (χ4v) is 1.97. The van der Waals surface area contributed by atoms with E-state index in [9.17, 15) is 9.90 Å². The van der Waals surface area contributed by atoms with Crippen LogP contribution in [0.4, 0.5) is 5.82 Å². The monoisotopic (exact) mass is 265 g/mol. The largest absolute Gasteiger partial charge is 0.394 e. The maximum absolute atomic E-state index is 11.8. The molecule has 3 atom stereocenters. The molecule has 1 saturated heterocycles. The summed E-state index contributed by atoms with van der Waals surface area (Å²) < 4.78 is 6.63. The molecule has 1 fully saturated rings. The quantitative estimate of drug-likeness (QED) is 0.582. The highest BCUT2D eigenvalue weighted by Crippen LogP contribution is 2.27. The van der Waals surface area contributed by atoms with E-state index in [0.717, 1.165) is 0 Å². The molecule has 19 heavy (non-hydrogen) atoms. The highest BCUT2D eigenvalue weighted by atomic mass is 16.5. The second-order valence-corrected chi connectivity index (χ2v) is 4.22. The topological polar surface area (TPSA) is 111 Å². The zero-order chi connectivity index (χ0) is 14.0. The number of aliphatic hydroxyl groups excluding tert-OH is 2. The summed E-state index contributed by atoms with van der Waals surface area (Å²) in [5, 5.41) is 18.7. The van der Waals surface area contributed by atoms with E-state index in [4.69, 9.17) is 15.6 Å². The maximum atomic E-state index is 11.8. The van der Waals surface area contributed by atoms with Gasteiger partial charge in [0.1, 0.15) is 18.1 Å². The molecule has 7 heteroatoms. The van der Waals surface area contributed by atoms with Crippen molar-refractivity contribution in [1.29, 1.82) is 0 Å². The lowest BCUT2D eigenvalue weighted by molar-refractivity contribution is -0.0458. The summed E-state index contributed by atoms with van der Waals surface area (Å²) in [6.45, 7) is 1.34. The number of aliphatic hydroxyl groups is 2. The van der Waals surface area contributed by atoms with E-state index in [2.05, 4.69) is 16.8 Å². The Morgan fingerprint density at radius 2 is 2.42 bits per heavy atom. The molecule has 1 aliphatic heterocycles. The van der Waals surface area contributed by atoms with Gasteiger partial charge in [-0.2, -0.15) is 4.98 Å². The first-order chi connectivity index (χ1) is 9.06. The summed E-state index contributed by atoms with van der Waals surface area (Å²) >= 11 is 0. The molecule has 1 aromatic rings. The predicted octanol–water partition coefficient (Wildman–Crippen LogP) is -1.16. The van der Waals surface area contributed by atoms with Crippen LogP contribution in [0.5, 0.6) is 0 Å². The molecule has 0 bridgehead atoms. The Morgan fingerprint density at radius 1 is 1.68 bits per heavy atom. The van der Waals surface area contributed by atoms with Gasteiger partial charge in [-0.3, -0.25) is 4.57 Å². The van der Waals surface area contributed by atoms with Crippen LogP contribution in [0.25, 0.3) is 0 Å². The van der Waals surface area contributed by atoms with Gasteiger partial charge < -0.3 is 20.7 Å². The highest BCUT2D eigenvalue weighted by Gasteiger charge is 2.35. The number of aromatic nitrogens is 2. The minimum atomic E-state index is -0.819. The van der Waals surface area contributed by atoms with Crippen LogP contribution < -0.4 is 11.4 Å². The van der Waals surface area contributed by atoms with E-state index >= 15 is 0 Å². The molecule has 7 nitrogen and oxygen atoms in total. The van der Waals surface area contributed by atoms with Gasteiger partial charge in [-0.05, 0) is 6.92 Å². The summed E-state index contributed by atoms with van der Waals surface area (Å²) in [6, 6.07) is 0. The number of nitrogen functional groups attached to an aromatic ring is 1. The Balaban J connectivity index is 2.37. The number of rotatable bonds is 2. The van der Waals surface area contributed by atoms with Crippen molar-refractivity contribution < 1.29 is 14.9 Å².